The molecule has 1 fully saturated rings. The van der Waals surface area contributed by atoms with E-state index >= 15 is 0 Å². The number of benzene rings is 2. The smallest absolute Gasteiger partial charge is 0.309 e. The highest BCUT2D eigenvalue weighted by molar-refractivity contribution is 7.81. The quantitative estimate of drug-likeness (QED) is 0.439. The molecule has 28 heavy (non-hydrogen) atoms. The van der Waals surface area contributed by atoms with Gasteiger partial charge in [-0.25, -0.2) is 0 Å². The number of carbonyl (C=O) groups is 1. The first kappa shape index (κ1) is 19.2. The van der Waals surface area contributed by atoms with E-state index in [1.54, 1.807) is 0 Å². The van der Waals surface area contributed by atoms with Crippen LogP contribution >= 0.6 is 12.2 Å². The highest BCUT2D eigenvalue weighted by Gasteiger charge is 2.38. The van der Waals surface area contributed by atoms with Gasteiger partial charge in [0.25, 0.3) is 11.6 Å². The third-order valence-corrected chi connectivity index (χ3v) is 4.43. The van der Waals surface area contributed by atoms with Crippen molar-refractivity contribution in [1.29, 1.82) is 5.26 Å². The Bertz CT molecular complexity index is 1030. The summed E-state index contributed by atoms with van der Waals surface area (Å²) in [5, 5.41) is 19.6. The van der Waals surface area contributed by atoms with Gasteiger partial charge in [0.2, 0.25) is 0 Å². The van der Waals surface area contributed by atoms with Crippen LogP contribution in [-0.4, -0.2) is 22.5 Å². The second-order valence-corrected chi connectivity index (χ2v) is 6.08. The molecule has 3 rings (SSSR count). The molecule has 0 aromatic heterocycles. The molecule has 142 valence electrons. The molecule has 0 N–H and O–H groups in total. The van der Waals surface area contributed by atoms with Gasteiger partial charge in [-0.05, 0) is 42.5 Å². The maximum atomic E-state index is 13.2. The summed E-state index contributed by atoms with van der Waals surface area (Å²) in [7, 11) is 0. The Morgan fingerprint density at radius 3 is 2.29 bits per heavy atom. The molecule has 1 aliphatic heterocycles. The molecule has 1 aliphatic rings. The molecule has 0 radical (unpaired) electrons. The van der Waals surface area contributed by atoms with Crippen molar-refractivity contribution < 1.29 is 22.9 Å². The average molecular weight is 406 g/mol. The normalized spacial score (nSPS) is 14.4. The number of nitriles is 1. The summed E-state index contributed by atoms with van der Waals surface area (Å²) in [5.74, 6) is -0.568. The van der Waals surface area contributed by atoms with Gasteiger partial charge >= 0.3 is 6.18 Å². The number of anilines is 2. The highest BCUT2D eigenvalue weighted by Crippen LogP contribution is 2.36. The number of alkyl halides is 3. The van der Waals surface area contributed by atoms with Gasteiger partial charge in [-0.1, -0.05) is 0 Å². The van der Waals surface area contributed by atoms with Gasteiger partial charge in [0.1, 0.15) is 6.54 Å². The van der Waals surface area contributed by atoms with E-state index < -0.39 is 28.1 Å². The third-order valence-electron chi connectivity index (χ3n) is 4.02. The number of rotatable bonds is 3. The maximum Gasteiger partial charge on any atom is 0.417 e. The summed E-state index contributed by atoms with van der Waals surface area (Å²) in [6.07, 6.45) is -4.77. The van der Waals surface area contributed by atoms with Crippen molar-refractivity contribution in [3.8, 4) is 6.07 Å². The van der Waals surface area contributed by atoms with E-state index in [4.69, 9.17) is 17.5 Å². The predicted octanol–water partition coefficient (Wildman–Crippen LogP) is 3.62. The molecule has 1 amide bonds. The van der Waals surface area contributed by atoms with Crippen molar-refractivity contribution >= 4 is 40.3 Å². The second-order valence-electron chi connectivity index (χ2n) is 5.71. The van der Waals surface area contributed by atoms with Gasteiger partial charge in [0.15, 0.2) is 5.11 Å². The summed E-state index contributed by atoms with van der Waals surface area (Å²) in [5.41, 5.74) is -1.63. The molecular formula is C17H9F3N4O3S. The molecule has 2 aromatic carbocycles. The maximum absolute atomic E-state index is 13.2. The highest BCUT2D eigenvalue weighted by atomic mass is 32.1. The van der Waals surface area contributed by atoms with Crippen LogP contribution in [-0.2, 0) is 11.0 Å². The van der Waals surface area contributed by atoms with Crippen molar-refractivity contribution in [3.63, 3.8) is 0 Å². The Labute approximate surface area is 161 Å². The average Bonchev–Trinajstić information content (AvgIpc) is 2.95. The van der Waals surface area contributed by atoms with E-state index in [2.05, 4.69) is 0 Å². The number of thiocarbonyl (C=S) groups is 1. The van der Waals surface area contributed by atoms with Crippen molar-refractivity contribution in [2.45, 2.75) is 6.18 Å². The lowest BCUT2D eigenvalue weighted by Gasteiger charge is -2.21. The van der Waals surface area contributed by atoms with Crippen molar-refractivity contribution in [2.24, 2.45) is 0 Å². The summed E-state index contributed by atoms with van der Waals surface area (Å²) in [6, 6.07) is 9.59. The number of non-ortho nitro benzene ring substituents is 1. The number of nitro groups is 1. The lowest BCUT2D eigenvalue weighted by Crippen LogP contribution is -2.33. The lowest BCUT2D eigenvalue weighted by atomic mass is 10.1. The molecule has 2 aromatic rings. The predicted molar refractivity (Wildman–Crippen MR) is 96.7 cm³/mol. The Balaban J connectivity index is 1.96. The van der Waals surface area contributed by atoms with Gasteiger partial charge in [-0.15, -0.1) is 0 Å². The van der Waals surface area contributed by atoms with Gasteiger partial charge in [0.05, 0.1) is 27.8 Å². The zero-order valence-corrected chi connectivity index (χ0v) is 14.6. The molecule has 0 atom stereocenters. The fourth-order valence-corrected chi connectivity index (χ4v) is 3.09. The topological polar surface area (TPSA) is 90.5 Å². The molecule has 11 heteroatoms. The summed E-state index contributed by atoms with van der Waals surface area (Å²) < 4.78 is 39.6. The van der Waals surface area contributed by atoms with Crippen molar-refractivity contribution in [2.75, 3.05) is 16.3 Å². The van der Waals surface area contributed by atoms with Gasteiger partial charge in [-0.3, -0.25) is 19.8 Å². The van der Waals surface area contributed by atoms with Gasteiger partial charge in [0, 0.05) is 17.8 Å². The Morgan fingerprint density at radius 1 is 1.14 bits per heavy atom. The SMILES string of the molecule is N#Cc1ccc(N2C(=O)CN(c3ccc([N+](=O)[O-])cc3)C2=S)cc1C(F)(F)F. The van der Waals surface area contributed by atoms with Crippen molar-refractivity contribution in [3.05, 3.63) is 63.7 Å². The minimum absolute atomic E-state index is 0.0725. The summed E-state index contributed by atoms with van der Waals surface area (Å²) in [4.78, 5) is 24.9. The van der Waals surface area contributed by atoms with E-state index in [0.717, 1.165) is 11.0 Å². The van der Waals surface area contributed by atoms with E-state index in [1.807, 2.05) is 0 Å². The molecule has 0 aliphatic carbocycles. The summed E-state index contributed by atoms with van der Waals surface area (Å²) in [6.45, 7) is -0.238. The number of halogens is 3. The fourth-order valence-electron chi connectivity index (χ4n) is 2.71. The minimum atomic E-state index is -4.77. The van der Waals surface area contributed by atoms with E-state index in [9.17, 15) is 28.1 Å². The fraction of sp³-hybridized carbons (Fsp3) is 0.118. The van der Waals surface area contributed by atoms with Crippen LogP contribution in [0, 0.1) is 21.4 Å². The van der Waals surface area contributed by atoms with Crippen molar-refractivity contribution in [1.82, 2.24) is 0 Å². The molecule has 1 saturated heterocycles. The zero-order chi connectivity index (χ0) is 20.6. The number of hydrogen-bond acceptors (Lipinski definition) is 5. The summed E-state index contributed by atoms with van der Waals surface area (Å²) >= 11 is 5.24. The van der Waals surface area contributed by atoms with E-state index in [-0.39, 0.29) is 23.0 Å². The molecule has 0 spiro atoms. The number of hydrogen-bond donors (Lipinski definition) is 0. The minimum Gasteiger partial charge on any atom is -0.309 e. The van der Waals surface area contributed by atoms with E-state index in [0.29, 0.717) is 11.8 Å². The second kappa shape index (κ2) is 6.90. The van der Waals surface area contributed by atoms with Crippen LogP contribution in [0.25, 0.3) is 0 Å². The first-order valence-electron chi connectivity index (χ1n) is 7.63. The first-order chi connectivity index (χ1) is 13.1. The van der Waals surface area contributed by atoms with Crippen LogP contribution in [0.1, 0.15) is 11.1 Å². The van der Waals surface area contributed by atoms with Crippen LogP contribution < -0.4 is 9.80 Å². The van der Waals surface area contributed by atoms with Crippen LogP contribution in [0.15, 0.2) is 42.5 Å². The third kappa shape index (κ3) is 3.37. The van der Waals surface area contributed by atoms with E-state index in [1.165, 1.54) is 41.3 Å². The van der Waals surface area contributed by atoms with Crippen LogP contribution in [0.5, 0.6) is 0 Å². The largest absolute Gasteiger partial charge is 0.417 e. The number of nitrogens with zero attached hydrogens (tertiary/aromatic N) is 4. The molecule has 0 saturated carbocycles. The number of amides is 1. The van der Waals surface area contributed by atoms with Gasteiger partial charge < -0.3 is 4.90 Å². The monoisotopic (exact) mass is 406 g/mol. The Morgan fingerprint density at radius 2 is 1.75 bits per heavy atom. The Hall–Kier alpha value is -3.52. The van der Waals surface area contributed by atoms with Gasteiger partial charge in [-0.2, -0.15) is 18.4 Å². The number of nitro benzene ring substituents is 1. The lowest BCUT2D eigenvalue weighted by molar-refractivity contribution is -0.384. The first-order valence-corrected chi connectivity index (χ1v) is 8.04. The number of carbonyl (C=O) groups excluding carboxylic acids is 1. The molecule has 1 heterocycles. The Kier molecular flexibility index (Phi) is 4.74. The molecule has 0 unspecified atom stereocenters. The molecule has 7 nitrogen and oxygen atoms in total. The standard InChI is InChI=1S/C17H9F3N4O3S/c18-17(19,20)14-7-13(2-1-10(14)8-21)23-15(25)9-22(16(23)28)11-3-5-12(6-4-11)24(26)27/h1-7H,9H2. The molecule has 0 bridgehead atoms. The van der Waals surface area contributed by atoms with Crippen LogP contribution in [0.4, 0.5) is 30.2 Å². The zero-order valence-electron chi connectivity index (χ0n) is 13.8. The van der Waals surface area contributed by atoms with Crippen LogP contribution in [0.2, 0.25) is 0 Å². The van der Waals surface area contributed by atoms with Crippen LogP contribution in [0.3, 0.4) is 0 Å². The molecular weight excluding hydrogens is 397 g/mol.